The second-order valence-electron chi connectivity index (χ2n) is 7.42. The second-order valence-corrected chi connectivity index (χ2v) is 7.80. The Morgan fingerprint density at radius 1 is 1.19 bits per heavy atom. The third-order valence-electron chi connectivity index (χ3n) is 5.33. The molecule has 1 aliphatic rings. The quantitative estimate of drug-likeness (QED) is 0.491. The maximum absolute atomic E-state index is 12.7. The Balaban J connectivity index is 1.52. The van der Waals surface area contributed by atoms with Crippen LogP contribution in [0.3, 0.4) is 0 Å². The number of nitrogens with zero attached hydrogens (tertiary/aromatic N) is 2. The van der Waals surface area contributed by atoms with E-state index in [-0.39, 0.29) is 24.4 Å². The summed E-state index contributed by atoms with van der Waals surface area (Å²) in [6.45, 7) is 2.49. The second kappa shape index (κ2) is 9.18. The van der Waals surface area contributed by atoms with Crippen LogP contribution in [-0.2, 0) is 4.79 Å². The minimum atomic E-state index is -0.107. The fourth-order valence-electron chi connectivity index (χ4n) is 3.87. The van der Waals surface area contributed by atoms with Crippen LogP contribution in [0.15, 0.2) is 60.8 Å². The number of amides is 1. The van der Waals surface area contributed by atoms with Gasteiger partial charge in [0.25, 0.3) is 0 Å². The number of benzene rings is 1. The van der Waals surface area contributed by atoms with E-state index in [4.69, 9.17) is 17.0 Å². The SMILES string of the molecule is COc1ccccc1NC(=O)CCN1C(=S)N[C@@H](c2ccccn2)[C@@H]1c1ccc(C)[nH]1. The lowest BCUT2D eigenvalue weighted by molar-refractivity contribution is -0.116. The van der Waals surface area contributed by atoms with Crippen LogP contribution in [0.25, 0.3) is 0 Å². The van der Waals surface area contributed by atoms with Gasteiger partial charge >= 0.3 is 0 Å². The summed E-state index contributed by atoms with van der Waals surface area (Å²) in [5.41, 5.74) is 3.66. The highest BCUT2D eigenvalue weighted by Gasteiger charge is 2.40. The highest BCUT2D eigenvalue weighted by atomic mass is 32.1. The van der Waals surface area contributed by atoms with Gasteiger partial charge in [-0.1, -0.05) is 18.2 Å². The Labute approximate surface area is 186 Å². The van der Waals surface area contributed by atoms with E-state index >= 15 is 0 Å². The number of aryl methyl sites for hydroxylation is 1. The zero-order chi connectivity index (χ0) is 21.8. The molecule has 1 fully saturated rings. The van der Waals surface area contributed by atoms with Crippen molar-refractivity contribution in [2.24, 2.45) is 0 Å². The highest BCUT2D eigenvalue weighted by Crippen LogP contribution is 2.38. The summed E-state index contributed by atoms with van der Waals surface area (Å²) >= 11 is 5.64. The summed E-state index contributed by atoms with van der Waals surface area (Å²) in [5.74, 6) is 0.527. The number of para-hydroxylation sites is 2. The monoisotopic (exact) mass is 435 g/mol. The Bertz CT molecular complexity index is 1070. The van der Waals surface area contributed by atoms with Crippen molar-refractivity contribution in [3.8, 4) is 5.75 Å². The van der Waals surface area contributed by atoms with E-state index in [0.29, 0.717) is 23.1 Å². The van der Waals surface area contributed by atoms with Gasteiger partial charge in [-0.05, 0) is 55.5 Å². The number of carbonyl (C=O) groups is 1. The molecule has 0 aliphatic carbocycles. The molecular weight excluding hydrogens is 410 g/mol. The Kier molecular flexibility index (Phi) is 6.18. The summed E-state index contributed by atoms with van der Waals surface area (Å²) < 4.78 is 5.31. The molecule has 31 heavy (non-hydrogen) atoms. The molecule has 1 saturated heterocycles. The first-order valence-corrected chi connectivity index (χ1v) is 10.5. The molecule has 0 saturated carbocycles. The van der Waals surface area contributed by atoms with Crippen LogP contribution in [0.1, 0.15) is 35.6 Å². The number of aromatic nitrogens is 2. The summed E-state index contributed by atoms with van der Waals surface area (Å²) in [7, 11) is 1.58. The molecule has 3 heterocycles. The van der Waals surface area contributed by atoms with Crippen LogP contribution in [0.5, 0.6) is 5.75 Å². The predicted molar refractivity (Wildman–Crippen MR) is 124 cm³/mol. The first-order valence-electron chi connectivity index (χ1n) is 10.1. The first-order chi connectivity index (χ1) is 15.1. The van der Waals surface area contributed by atoms with Gasteiger partial charge in [-0.25, -0.2) is 0 Å². The number of methoxy groups -OCH3 is 1. The molecule has 3 N–H and O–H groups in total. The Morgan fingerprint density at radius 3 is 2.71 bits per heavy atom. The number of H-pyrrole nitrogens is 1. The molecule has 1 aromatic carbocycles. The standard InChI is InChI=1S/C23H25N5O2S/c1-15-10-11-18(25-15)22-21(17-8-5-6-13-24-17)27-23(31)28(22)14-12-20(29)26-16-7-3-4-9-19(16)30-2/h3-11,13,21-22,25H,12,14H2,1-2H3,(H,26,29)(H,27,31)/t21-,22-/m0/s1. The van der Waals surface area contributed by atoms with E-state index < -0.39 is 0 Å². The minimum absolute atomic E-state index is 0.0878. The number of rotatable bonds is 7. The van der Waals surface area contributed by atoms with Gasteiger partial charge < -0.3 is 25.3 Å². The maximum Gasteiger partial charge on any atom is 0.226 e. The summed E-state index contributed by atoms with van der Waals surface area (Å²) in [6, 6.07) is 17.1. The van der Waals surface area contributed by atoms with Crippen molar-refractivity contribution < 1.29 is 9.53 Å². The number of anilines is 1. The summed E-state index contributed by atoms with van der Waals surface area (Å²) in [5, 5.41) is 6.93. The number of carbonyl (C=O) groups excluding carboxylic acids is 1. The molecule has 8 heteroatoms. The number of ether oxygens (including phenoxy) is 1. The fourth-order valence-corrected chi connectivity index (χ4v) is 4.20. The molecule has 2 atom stereocenters. The summed E-state index contributed by atoms with van der Waals surface area (Å²) in [4.78, 5) is 22.7. The molecule has 7 nitrogen and oxygen atoms in total. The van der Waals surface area contributed by atoms with Crippen LogP contribution >= 0.6 is 12.2 Å². The van der Waals surface area contributed by atoms with Gasteiger partial charge in [0.15, 0.2) is 5.11 Å². The molecule has 160 valence electrons. The molecule has 4 rings (SSSR count). The lowest BCUT2D eigenvalue weighted by Crippen LogP contribution is -2.32. The largest absolute Gasteiger partial charge is 0.495 e. The summed E-state index contributed by atoms with van der Waals surface area (Å²) in [6.07, 6.45) is 2.06. The van der Waals surface area contributed by atoms with E-state index in [9.17, 15) is 4.79 Å². The van der Waals surface area contributed by atoms with Gasteiger partial charge in [-0.15, -0.1) is 0 Å². The van der Waals surface area contributed by atoms with Gasteiger partial charge in [0, 0.05) is 30.6 Å². The first kappa shape index (κ1) is 20.9. The molecule has 0 spiro atoms. The number of hydrogen-bond donors (Lipinski definition) is 3. The zero-order valence-corrected chi connectivity index (χ0v) is 18.3. The highest BCUT2D eigenvalue weighted by molar-refractivity contribution is 7.80. The molecule has 0 bridgehead atoms. The van der Waals surface area contributed by atoms with Crippen LogP contribution in [0.2, 0.25) is 0 Å². The Morgan fingerprint density at radius 2 is 2.00 bits per heavy atom. The molecule has 1 aliphatic heterocycles. The topological polar surface area (TPSA) is 82.3 Å². The van der Waals surface area contributed by atoms with Crippen molar-refractivity contribution >= 4 is 28.9 Å². The van der Waals surface area contributed by atoms with Gasteiger partial charge in [0.05, 0.1) is 30.6 Å². The van der Waals surface area contributed by atoms with Crippen LogP contribution in [-0.4, -0.2) is 39.5 Å². The van der Waals surface area contributed by atoms with Gasteiger partial charge in [0.2, 0.25) is 5.91 Å². The van der Waals surface area contributed by atoms with E-state index in [1.807, 2.05) is 55.5 Å². The zero-order valence-electron chi connectivity index (χ0n) is 17.5. The average molecular weight is 436 g/mol. The number of pyridine rings is 1. The molecule has 3 aromatic rings. The van der Waals surface area contributed by atoms with Crippen molar-refractivity contribution in [3.05, 3.63) is 77.9 Å². The third kappa shape index (κ3) is 4.54. The van der Waals surface area contributed by atoms with Crippen LogP contribution < -0.4 is 15.4 Å². The molecular formula is C23H25N5O2S. The molecule has 1 amide bonds. The van der Waals surface area contributed by atoms with Gasteiger partial charge in [-0.2, -0.15) is 0 Å². The van der Waals surface area contributed by atoms with Crippen molar-refractivity contribution in [2.75, 3.05) is 19.0 Å². The normalized spacial score (nSPS) is 18.0. The van der Waals surface area contributed by atoms with E-state index in [1.54, 1.807) is 13.3 Å². The van der Waals surface area contributed by atoms with Crippen molar-refractivity contribution in [3.63, 3.8) is 0 Å². The van der Waals surface area contributed by atoms with Gasteiger partial charge in [-0.3, -0.25) is 9.78 Å². The number of hydrogen-bond acceptors (Lipinski definition) is 4. The van der Waals surface area contributed by atoms with Crippen molar-refractivity contribution in [1.29, 1.82) is 0 Å². The number of nitrogens with one attached hydrogen (secondary N) is 3. The van der Waals surface area contributed by atoms with E-state index in [0.717, 1.165) is 17.1 Å². The third-order valence-corrected chi connectivity index (χ3v) is 5.68. The smallest absolute Gasteiger partial charge is 0.226 e. The Hall–Kier alpha value is -3.39. The fraction of sp³-hybridized carbons (Fsp3) is 0.261. The predicted octanol–water partition coefficient (Wildman–Crippen LogP) is 3.73. The lowest BCUT2D eigenvalue weighted by atomic mass is 10.0. The number of thiocarbonyl (C=S) groups is 1. The van der Waals surface area contributed by atoms with Crippen molar-refractivity contribution in [1.82, 2.24) is 20.2 Å². The molecule has 2 aromatic heterocycles. The maximum atomic E-state index is 12.7. The van der Waals surface area contributed by atoms with Crippen molar-refractivity contribution in [2.45, 2.75) is 25.4 Å². The van der Waals surface area contributed by atoms with Crippen LogP contribution in [0, 0.1) is 6.92 Å². The number of aromatic amines is 1. The van der Waals surface area contributed by atoms with Gasteiger partial charge in [0.1, 0.15) is 5.75 Å². The molecule has 0 unspecified atom stereocenters. The average Bonchev–Trinajstić information content (AvgIpc) is 3.35. The molecule has 0 radical (unpaired) electrons. The van der Waals surface area contributed by atoms with E-state index in [1.165, 1.54) is 0 Å². The van der Waals surface area contributed by atoms with Crippen LogP contribution in [0.4, 0.5) is 5.69 Å². The van der Waals surface area contributed by atoms with E-state index in [2.05, 4.69) is 31.6 Å². The minimum Gasteiger partial charge on any atom is -0.495 e. The lowest BCUT2D eigenvalue weighted by Gasteiger charge is -2.26.